The van der Waals surface area contributed by atoms with Gasteiger partial charge in [-0.1, -0.05) is 30.3 Å². The molecule has 0 amide bonds. The number of halogens is 1. The molecule has 2 fully saturated rings. The Kier molecular flexibility index (Phi) is 6.06. The summed E-state index contributed by atoms with van der Waals surface area (Å²) in [7, 11) is 1.63. The van der Waals surface area contributed by atoms with Crippen molar-refractivity contribution in [1.29, 1.82) is 0 Å². The second-order valence-electron chi connectivity index (χ2n) is 6.92. The van der Waals surface area contributed by atoms with Crippen LogP contribution in [0.2, 0.25) is 0 Å². The zero-order chi connectivity index (χ0) is 15.6. The number of hydrogen-bond acceptors (Lipinski definition) is 3. The summed E-state index contributed by atoms with van der Waals surface area (Å²) >= 11 is 0. The largest absolute Gasteiger partial charge is 0.461 e. The molecule has 5 heteroatoms. The van der Waals surface area contributed by atoms with Crippen molar-refractivity contribution in [2.75, 3.05) is 13.7 Å². The van der Waals surface area contributed by atoms with Crippen LogP contribution in [0, 0.1) is 12.4 Å². The maximum Gasteiger partial charge on any atom is 0.318 e. The van der Waals surface area contributed by atoms with Gasteiger partial charge in [0.15, 0.2) is 0 Å². The summed E-state index contributed by atoms with van der Waals surface area (Å²) in [5.74, 6) is -0.160. The average Bonchev–Trinajstić information content (AvgIpc) is 2.87. The van der Waals surface area contributed by atoms with Crippen LogP contribution in [0.4, 0.5) is 0 Å². The number of esters is 1. The average molecular weight is 342 g/mol. The van der Waals surface area contributed by atoms with Gasteiger partial charge in [-0.05, 0) is 12.5 Å². The molecule has 1 aromatic rings. The molecule has 3 unspecified atom stereocenters. The van der Waals surface area contributed by atoms with Gasteiger partial charge in [0.2, 0.25) is 0 Å². The van der Waals surface area contributed by atoms with E-state index in [4.69, 9.17) is 9.47 Å². The van der Waals surface area contributed by atoms with Gasteiger partial charge in [0.1, 0.15) is 11.5 Å². The second kappa shape index (κ2) is 7.65. The molecule has 23 heavy (non-hydrogen) atoms. The number of nitrogens with two attached hydrogens (primary N) is 1. The normalized spacial score (nSPS) is 28.5. The zero-order valence-corrected chi connectivity index (χ0v) is 14.8. The highest BCUT2D eigenvalue weighted by molar-refractivity contribution is 5.83. The summed E-state index contributed by atoms with van der Waals surface area (Å²) in [6, 6.07) is 11.1. The van der Waals surface area contributed by atoms with Gasteiger partial charge < -0.3 is 14.8 Å². The molecule has 0 aliphatic carbocycles. The fourth-order valence-electron chi connectivity index (χ4n) is 3.90. The summed E-state index contributed by atoms with van der Waals surface area (Å²) in [6.45, 7) is 2.25. The first-order chi connectivity index (χ1) is 10.6. The van der Waals surface area contributed by atoms with E-state index >= 15 is 0 Å². The monoisotopic (exact) mass is 341 g/mol. The predicted molar refractivity (Wildman–Crippen MR) is 86.3 cm³/mol. The number of carbonyl (C=O) groups is 1. The van der Waals surface area contributed by atoms with Crippen molar-refractivity contribution < 1.29 is 32.0 Å². The van der Waals surface area contributed by atoms with Crippen molar-refractivity contribution in [3.05, 3.63) is 35.9 Å². The van der Waals surface area contributed by atoms with Crippen LogP contribution in [0.1, 0.15) is 38.2 Å². The molecule has 0 spiro atoms. The highest BCUT2D eigenvalue weighted by atomic mass is 35.5. The number of carbonyl (C=O) groups excluding carboxylic acids is 1. The van der Waals surface area contributed by atoms with Crippen LogP contribution in [0.15, 0.2) is 30.3 Å². The second-order valence-corrected chi connectivity index (χ2v) is 6.92. The van der Waals surface area contributed by atoms with Gasteiger partial charge in [-0.3, -0.25) is 4.79 Å². The molecular weight excluding hydrogens is 314 g/mol. The zero-order valence-electron chi connectivity index (χ0n) is 13.9. The Morgan fingerprint density at radius 3 is 2.39 bits per heavy atom. The summed E-state index contributed by atoms with van der Waals surface area (Å²) in [4.78, 5) is 12.8. The molecule has 2 aliphatic heterocycles. The van der Waals surface area contributed by atoms with Crippen LogP contribution in [0.5, 0.6) is 0 Å². The van der Waals surface area contributed by atoms with Crippen molar-refractivity contribution in [2.24, 2.45) is 0 Å². The van der Waals surface area contributed by atoms with E-state index in [1.54, 1.807) is 7.11 Å². The summed E-state index contributed by atoms with van der Waals surface area (Å²) < 4.78 is 11.2. The molecule has 3 atom stereocenters. The fourth-order valence-corrected chi connectivity index (χ4v) is 3.90. The van der Waals surface area contributed by atoms with Gasteiger partial charge in [-0.2, -0.15) is 0 Å². The van der Waals surface area contributed by atoms with Crippen LogP contribution < -0.4 is 5.32 Å². The third-order valence-electron chi connectivity index (χ3n) is 5.15. The Bertz CT molecular complexity index is 512. The highest BCUT2D eigenvalue weighted by Crippen LogP contribution is 2.29. The van der Waals surface area contributed by atoms with Gasteiger partial charge in [0.25, 0.3) is 0 Å². The van der Waals surface area contributed by atoms with E-state index < -0.39 is 5.41 Å². The number of fused-ring (bicyclic) bond motifs is 2. The Morgan fingerprint density at radius 2 is 1.83 bits per heavy atom. The molecule has 3 rings (SSSR count). The van der Waals surface area contributed by atoms with Gasteiger partial charge in [-0.25, -0.2) is 0 Å². The molecule has 0 saturated carbocycles. The Hall–Kier alpha value is -1.10. The van der Waals surface area contributed by atoms with Gasteiger partial charge >= 0.3 is 5.97 Å². The minimum Gasteiger partial charge on any atom is -0.461 e. The molecule has 128 valence electrons. The summed E-state index contributed by atoms with van der Waals surface area (Å²) in [5, 5.41) is 2.45. The van der Waals surface area contributed by atoms with Gasteiger partial charge in [0.05, 0.1) is 31.1 Å². The molecule has 2 aliphatic rings. The molecule has 2 saturated heterocycles. The first-order valence-electron chi connectivity index (χ1n) is 8.22. The number of piperidine rings is 1. The van der Waals surface area contributed by atoms with E-state index in [0.29, 0.717) is 18.7 Å². The Labute approximate surface area is 144 Å². The Balaban J connectivity index is 0.00000192. The first kappa shape index (κ1) is 18.2. The molecule has 0 aromatic heterocycles. The lowest BCUT2D eigenvalue weighted by atomic mass is 9.83. The van der Waals surface area contributed by atoms with Crippen LogP contribution in [0.3, 0.4) is 0 Å². The summed E-state index contributed by atoms with van der Waals surface area (Å²) in [6.07, 6.45) is 4.55. The molecule has 4 nitrogen and oxygen atoms in total. The van der Waals surface area contributed by atoms with E-state index in [9.17, 15) is 4.79 Å². The van der Waals surface area contributed by atoms with Crippen molar-refractivity contribution in [3.63, 3.8) is 0 Å². The van der Waals surface area contributed by atoms with Crippen molar-refractivity contribution in [2.45, 2.75) is 56.2 Å². The van der Waals surface area contributed by atoms with Crippen LogP contribution >= 0.6 is 0 Å². The molecular formula is C18H28ClNO3+2. The van der Waals surface area contributed by atoms with Crippen molar-refractivity contribution in [3.8, 4) is 0 Å². The SMILES string of the molecule is COCC(C)(C(=O)OC1CC2CCC(C1)[NH2+]2)c1ccccc1.[ClH2+]. The number of quaternary nitrogens is 1. The maximum absolute atomic E-state index is 12.8. The molecule has 1 aromatic carbocycles. The summed E-state index contributed by atoms with van der Waals surface area (Å²) in [5.41, 5.74) is 0.211. The first-order valence-corrected chi connectivity index (χ1v) is 8.22. The van der Waals surface area contributed by atoms with E-state index in [1.165, 1.54) is 12.8 Å². The number of rotatable bonds is 5. The topological polar surface area (TPSA) is 52.1 Å². The third kappa shape index (κ3) is 3.87. The lowest BCUT2D eigenvalue weighted by Crippen LogP contribution is -2.93. The maximum atomic E-state index is 12.8. The van der Waals surface area contributed by atoms with E-state index in [1.807, 2.05) is 37.3 Å². The lowest BCUT2D eigenvalue weighted by Gasteiger charge is -2.32. The van der Waals surface area contributed by atoms with Crippen molar-refractivity contribution >= 4 is 5.97 Å². The van der Waals surface area contributed by atoms with E-state index in [0.717, 1.165) is 18.4 Å². The number of hydrogen-bond donors (Lipinski definition) is 1. The standard InChI is InChI=1S/C18H25NO3.ClH2/c1-18(12-21-2,13-6-4-3-5-7-13)17(20)22-16-10-14-8-9-15(11-16)19-14;/h3-7,14-16,19H,8-12H2,1-2H3;1H2/q;+1/p+1. The third-order valence-corrected chi connectivity index (χ3v) is 5.15. The minimum absolute atomic E-state index is 0. The minimum atomic E-state index is -0.740. The lowest BCUT2D eigenvalue weighted by molar-refractivity contribution is -0.712. The van der Waals surface area contributed by atoms with Crippen LogP contribution in [-0.4, -0.2) is 37.9 Å². The quantitative estimate of drug-likeness (QED) is 0.808. The number of methoxy groups -OCH3 is 1. The number of benzene rings is 1. The van der Waals surface area contributed by atoms with Crippen LogP contribution in [-0.2, 0) is 19.7 Å². The van der Waals surface area contributed by atoms with Crippen molar-refractivity contribution in [1.82, 2.24) is 0 Å². The fraction of sp³-hybridized carbons (Fsp3) is 0.611. The Morgan fingerprint density at radius 1 is 1.22 bits per heavy atom. The molecule has 2 bridgehead atoms. The van der Waals surface area contributed by atoms with Crippen LogP contribution in [0.25, 0.3) is 0 Å². The van der Waals surface area contributed by atoms with E-state index in [2.05, 4.69) is 5.32 Å². The molecule has 0 radical (unpaired) electrons. The van der Waals surface area contributed by atoms with Gasteiger partial charge in [-0.15, -0.1) is 0 Å². The smallest absolute Gasteiger partial charge is 0.318 e. The van der Waals surface area contributed by atoms with Gasteiger partial charge in [0, 0.05) is 32.8 Å². The molecule has 2 heterocycles. The number of ether oxygens (including phenoxy) is 2. The molecule has 2 N–H and O–H groups in total. The highest BCUT2D eigenvalue weighted by Gasteiger charge is 2.43. The predicted octanol–water partition coefficient (Wildman–Crippen LogP) is 0.855. The van der Waals surface area contributed by atoms with E-state index in [-0.39, 0.29) is 24.5 Å².